The number of rotatable bonds is 4. The monoisotopic (exact) mass is 368 g/mol. The van der Waals surface area contributed by atoms with Crippen molar-refractivity contribution in [2.75, 3.05) is 20.3 Å². The number of epoxide rings is 1. The quantitative estimate of drug-likeness (QED) is 0.394. The van der Waals surface area contributed by atoms with Gasteiger partial charge in [-0.25, -0.2) is 4.79 Å². The fraction of sp³-hybridized carbons (Fsp3) is 0.850. The molecular weight excluding hydrogens is 336 g/mol. The Hall–Kier alpha value is -0.950. The number of methoxy groups -OCH3 is 1. The number of hydrogen-bond donors (Lipinski definition) is 3. The molecule has 0 aromatic heterocycles. The molecule has 6 atom stereocenters. The van der Waals surface area contributed by atoms with Crippen molar-refractivity contribution in [2.24, 2.45) is 22.7 Å². The van der Waals surface area contributed by atoms with Gasteiger partial charge in [-0.05, 0) is 42.4 Å². The molecule has 1 aliphatic heterocycles. The van der Waals surface area contributed by atoms with E-state index in [1.165, 1.54) is 7.11 Å². The van der Waals surface area contributed by atoms with Gasteiger partial charge >= 0.3 is 5.97 Å². The summed E-state index contributed by atoms with van der Waals surface area (Å²) >= 11 is 0. The molecule has 6 heteroatoms. The first-order valence-corrected chi connectivity index (χ1v) is 9.51. The predicted molar refractivity (Wildman–Crippen MR) is 95.2 cm³/mol. The summed E-state index contributed by atoms with van der Waals surface area (Å²) in [6.07, 6.45) is 3.48. The molecule has 3 rings (SSSR count). The van der Waals surface area contributed by atoms with Crippen LogP contribution >= 0.6 is 0 Å². The molecule has 1 saturated heterocycles. The molecule has 148 valence electrons. The van der Waals surface area contributed by atoms with E-state index in [0.717, 1.165) is 12.8 Å². The molecule has 0 bridgehead atoms. The minimum atomic E-state index is -0.584. The number of hydrogen-bond acceptors (Lipinski definition) is 6. The Morgan fingerprint density at radius 1 is 1.27 bits per heavy atom. The number of esters is 1. The Morgan fingerprint density at radius 3 is 2.46 bits per heavy atom. The van der Waals surface area contributed by atoms with Gasteiger partial charge in [-0.1, -0.05) is 26.8 Å². The SMILES string of the molecule is COC(=O)C(=CCC1C2(C)CCC(O)C(C)(C)C2CC(O)C12CO2)CO. The zero-order valence-electron chi connectivity index (χ0n) is 16.2. The predicted octanol–water partition coefficient (Wildman–Crippen LogP) is 1.42. The van der Waals surface area contributed by atoms with Gasteiger partial charge in [0.15, 0.2) is 0 Å². The first-order chi connectivity index (χ1) is 12.1. The summed E-state index contributed by atoms with van der Waals surface area (Å²) in [5.74, 6) is -0.366. The van der Waals surface area contributed by atoms with Gasteiger partial charge in [0.05, 0.1) is 38.1 Å². The summed E-state index contributed by atoms with van der Waals surface area (Å²) in [5.41, 5.74) is -0.754. The van der Waals surface area contributed by atoms with Crippen LogP contribution in [0.15, 0.2) is 11.6 Å². The second kappa shape index (κ2) is 6.59. The van der Waals surface area contributed by atoms with Crippen molar-refractivity contribution in [3.8, 4) is 0 Å². The number of ether oxygens (including phenoxy) is 2. The molecule has 6 nitrogen and oxygen atoms in total. The summed E-state index contributed by atoms with van der Waals surface area (Å²) < 4.78 is 10.5. The lowest BCUT2D eigenvalue weighted by Crippen LogP contribution is -2.62. The molecule has 2 aliphatic carbocycles. The number of aliphatic hydroxyl groups excluding tert-OH is 3. The Kier molecular flexibility index (Phi) is 5.02. The van der Waals surface area contributed by atoms with Crippen molar-refractivity contribution >= 4 is 5.97 Å². The van der Waals surface area contributed by atoms with Crippen molar-refractivity contribution in [3.05, 3.63) is 11.6 Å². The molecular formula is C20H32O6. The summed E-state index contributed by atoms with van der Waals surface area (Å²) in [6.45, 7) is 6.54. The number of allylic oxidation sites excluding steroid dienone is 1. The Morgan fingerprint density at radius 2 is 1.92 bits per heavy atom. The van der Waals surface area contributed by atoms with E-state index in [2.05, 4.69) is 20.8 Å². The fourth-order valence-electron chi connectivity index (χ4n) is 5.83. The van der Waals surface area contributed by atoms with Gasteiger partial charge < -0.3 is 24.8 Å². The van der Waals surface area contributed by atoms with Crippen molar-refractivity contribution < 1.29 is 29.6 Å². The molecule has 0 aromatic carbocycles. The zero-order chi connectivity index (χ0) is 19.3. The molecule has 0 aromatic rings. The van der Waals surface area contributed by atoms with Crippen LogP contribution in [0.2, 0.25) is 0 Å². The molecule has 3 fully saturated rings. The highest BCUT2D eigenvalue weighted by Crippen LogP contribution is 2.66. The Labute approximate surface area is 155 Å². The summed E-state index contributed by atoms with van der Waals surface area (Å²) in [5, 5.41) is 30.9. The molecule has 3 N–H and O–H groups in total. The van der Waals surface area contributed by atoms with Gasteiger partial charge in [0.1, 0.15) is 5.60 Å². The third kappa shape index (κ3) is 2.82. The van der Waals surface area contributed by atoms with E-state index in [1.54, 1.807) is 6.08 Å². The van der Waals surface area contributed by atoms with Crippen molar-refractivity contribution in [3.63, 3.8) is 0 Å². The molecule has 3 aliphatic rings. The van der Waals surface area contributed by atoms with Crippen molar-refractivity contribution in [1.29, 1.82) is 0 Å². The van der Waals surface area contributed by atoms with Crippen LogP contribution in [-0.4, -0.2) is 59.4 Å². The van der Waals surface area contributed by atoms with Gasteiger partial charge in [-0.15, -0.1) is 0 Å². The lowest BCUT2D eigenvalue weighted by atomic mass is 9.44. The fourth-order valence-corrected chi connectivity index (χ4v) is 5.83. The van der Waals surface area contributed by atoms with E-state index >= 15 is 0 Å². The third-order valence-electron chi connectivity index (χ3n) is 7.61. The zero-order valence-corrected chi connectivity index (χ0v) is 16.2. The first-order valence-electron chi connectivity index (χ1n) is 9.51. The van der Waals surface area contributed by atoms with Crippen LogP contribution < -0.4 is 0 Å². The second-order valence-corrected chi connectivity index (χ2v) is 9.10. The van der Waals surface area contributed by atoms with E-state index in [0.29, 0.717) is 19.4 Å². The third-order valence-corrected chi connectivity index (χ3v) is 7.61. The maximum atomic E-state index is 11.8. The van der Waals surface area contributed by atoms with E-state index < -0.39 is 17.7 Å². The first kappa shape index (κ1) is 19.8. The Bertz CT molecular complexity index is 593. The number of carbonyl (C=O) groups excluding carboxylic acids is 1. The molecule has 0 amide bonds. The van der Waals surface area contributed by atoms with Crippen LogP contribution in [0, 0.1) is 22.7 Å². The normalized spacial score (nSPS) is 44.5. The summed E-state index contributed by atoms with van der Waals surface area (Å²) in [4.78, 5) is 11.8. The molecule has 0 radical (unpaired) electrons. The lowest BCUT2D eigenvalue weighted by Gasteiger charge is -2.61. The van der Waals surface area contributed by atoms with Gasteiger partial charge in [0.25, 0.3) is 0 Å². The number of fused-ring (bicyclic) bond motifs is 1. The van der Waals surface area contributed by atoms with E-state index in [1.807, 2.05) is 0 Å². The minimum absolute atomic E-state index is 0.0155. The minimum Gasteiger partial charge on any atom is -0.466 e. The molecule has 26 heavy (non-hydrogen) atoms. The van der Waals surface area contributed by atoms with Crippen LogP contribution in [0.4, 0.5) is 0 Å². The molecule has 1 heterocycles. The highest BCUT2D eigenvalue weighted by Gasteiger charge is 2.69. The van der Waals surface area contributed by atoms with Crippen molar-refractivity contribution in [1.82, 2.24) is 0 Å². The Balaban J connectivity index is 1.95. The van der Waals surface area contributed by atoms with Crippen molar-refractivity contribution in [2.45, 2.75) is 64.3 Å². The van der Waals surface area contributed by atoms with Crippen LogP contribution in [0.1, 0.15) is 46.5 Å². The second-order valence-electron chi connectivity index (χ2n) is 9.10. The van der Waals surface area contributed by atoms with Gasteiger partial charge in [-0.3, -0.25) is 0 Å². The van der Waals surface area contributed by atoms with Crippen LogP contribution in [0.25, 0.3) is 0 Å². The van der Waals surface area contributed by atoms with E-state index in [-0.39, 0.29) is 40.9 Å². The lowest BCUT2D eigenvalue weighted by molar-refractivity contribution is -0.184. The average molecular weight is 368 g/mol. The summed E-state index contributed by atoms with van der Waals surface area (Å²) in [6, 6.07) is 0. The van der Waals surface area contributed by atoms with E-state index in [9.17, 15) is 20.1 Å². The van der Waals surface area contributed by atoms with Crippen LogP contribution in [0.5, 0.6) is 0 Å². The van der Waals surface area contributed by atoms with E-state index in [4.69, 9.17) is 9.47 Å². The van der Waals surface area contributed by atoms with Gasteiger partial charge in [-0.2, -0.15) is 0 Å². The van der Waals surface area contributed by atoms with Crippen LogP contribution in [-0.2, 0) is 14.3 Å². The average Bonchev–Trinajstić information content (AvgIpc) is 3.39. The standard InChI is InChI=1S/C20H32O6/c1-18(2)14-9-16(23)20(11-26-20)13(19(14,3)8-7-15(18)22)6-5-12(10-21)17(24)25-4/h5,13-16,21-23H,6-11H2,1-4H3. The number of carbonyl (C=O) groups is 1. The largest absolute Gasteiger partial charge is 0.466 e. The van der Waals surface area contributed by atoms with Crippen LogP contribution in [0.3, 0.4) is 0 Å². The maximum absolute atomic E-state index is 11.8. The van der Waals surface area contributed by atoms with Gasteiger partial charge in [0.2, 0.25) is 0 Å². The highest BCUT2D eigenvalue weighted by molar-refractivity contribution is 5.88. The number of aliphatic hydroxyl groups is 3. The molecule has 1 spiro atoms. The summed E-state index contributed by atoms with van der Waals surface area (Å²) in [7, 11) is 1.30. The molecule has 6 unspecified atom stereocenters. The van der Waals surface area contributed by atoms with Gasteiger partial charge in [0, 0.05) is 5.92 Å². The topological polar surface area (TPSA) is 99.5 Å². The highest BCUT2D eigenvalue weighted by atomic mass is 16.6. The maximum Gasteiger partial charge on any atom is 0.335 e. The molecule has 2 saturated carbocycles. The smallest absolute Gasteiger partial charge is 0.335 e.